The fraction of sp³-hybridized carbons (Fsp3) is 0.650. The van der Waals surface area contributed by atoms with Gasteiger partial charge in [0, 0.05) is 38.3 Å². The van der Waals surface area contributed by atoms with Gasteiger partial charge in [0.1, 0.15) is 5.75 Å². The molecule has 1 saturated heterocycles. The molecule has 0 amide bonds. The zero-order valence-electron chi connectivity index (χ0n) is 15.8. The van der Waals surface area contributed by atoms with E-state index in [0.29, 0.717) is 6.54 Å². The van der Waals surface area contributed by atoms with Crippen LogP contribution in [0.3, 0.4) is 0 Å². The standard InChI is InChI=1S/C20H30N2O4S/c23-19(24)16-27(25,26)14-13-21-11-12-22(15-18-7-3-1-4-8-18)20(17-21)9-5-2-6-10-20/h1,3-4,7-8H,2,5-6,9-17H2,(H,23,24). The Morgan fingerprint density at radius 2 is 1.78 bits per heavy atom. The molecule has 1 aromatic rings. The fourth-order valence-corrected chi connectivity index (χ4v) is 5.61. The minimum Gasteiger partial charge on any atom is -0.480 e. The summed E-state index contributed by atoms with van der Waals surface area (Å²) in [6.07, 6.45) is 6.01. The lowest BCUT2D eigenvalue weighted by Crippen LogP contribution is -2.62. The lowest BCUT2D eigenvalue weighted by Gasteiger charge is -2.53. The van der Waals surface area contributed by atoms with E-state index in [2.05, 4.69) is 34.1 Å². The van der Waals surface area contributed by atoms with Gasteiger partial charge in [0.15, 0.2) is 9.84 Å². The number of nitrogens with zero attached hydrogens (tertiary/aromatic N) is 2. The third-order valence-electron chi connectivity index (χ3n) is 5.94. The van der Waals surface area contributed by atoms with Crippen LogP contribution in [0.1, 0.15) is 37.7 Å². The number of rotatable bonds is 7. The number of benzene rings is 1. The topological polar surface area (TPSA) is 77.9 Å². The molecule has 7 heteroatoms. The molecule has 1 aliphatic carbocycles. The molecule has 6 nitrogen and oxygen atoms in total. The van der Waals surface area contributed by atoms with Crippen molar-refractivity contribution in [2.75, 3.05) is 37.7 Å². The smallest absolute Gasteiger partial charge is 0.318 e. The first-order valence-corrected chi connectivity index (χ1v) is 11.6. The van der Waals surface area contributed by atoms with Crippen LogP contribution in [0.15, 0.2) is 30.3 Å². The van der Waals surface area contributed by atoms with Crippen LogP contribution in [-0.4, -0.2) is 72.5 Å². The number of aliphatic carboxylic acids is 1. The number of carboxylic acid groups (broad SMARTS) is 1. The summed E-state index contributed by atoms with van der Waals surface area (Å²) in [5, 5.41) is 8.76. The van der Waals surface area contributed by atoms with Crippen molar-refractivity contribution >= 4 is 15.8 Å². The van der Waals surface area contributed by atoms with Gasteiger partial charge in [0.25, 0.3) is 0 Å². The minimum atomic E-state index is -3.54. The summed E-state index contributed by atoms with van der Waals surface area (Å²) in [5.74, 6) is -2.12. The summed E-state index contributed by atoms with van der Waals surface area (Å²) in [5.41, 5.74) is 1.43. The molecular formula is C20H30N2O4S. The molecule has 27 heavy (non-hydrogen) atoms. The maximum atomic E-state index is 11.9. The highest BCUT2D eigenvalue weighted by Crippen LogP contribution is 2.37. The molecule has 0 unspecified atom stereocenters. The van der Waals surface area contributed by atoms with Gasteiger partial charge in [0.05, 0.1) is 5.75 Å². The molecule has 1 N–H and O–H groups in total. The normalized spacial score (nSPS) is 21.3. The van der Waals surface area contributed by atoms with Crippen molar-refractivity contribution in [3.63, 3.8) is 0 Å². The number of hydrogen-bond acceptors (Lipinski definition) is 5. The van der Waals surface area contributed by atoms with E-state index in [-0.39, 0.29) is 11.3 Å². The first kappa shape index (κ1) is 20.3. The summed E-state index contributed by atoms with van der Waals surface area (Å²) in [6, 6.07) is 10.5. The molecule has 2 aliphatic rings. The van der Waals surface area contributed by atoms with E-state index in [1.54, 1.807) is 0 Å². The summed E-state index contributed by atoms with van der Waals surface area (Å²) >= 11 is 0. The fourth-order valence-electron chi connectivity index (χ4n) is 4.55. The SMILES string of the molecule is O=C(O)CS(=O)(=O)CCN1CCN(Cc2ccccc2)C2(CCCCC2)C1. The Bertz CT molecular complexity index is 730. The molecule has 0 radical (unpaired) electrons. The predicted octanol–water partition coefficient (Wildman–Crippen LogP) is 2.01. The van der Waals surface area contributed by atoms with Crippen molar-refractivity contribution in [3.05, 3.63) is 35.9 Å². The zero-order valence-corrected chi connectivity index (χ0v) is 16.7. The van der Waals surface area contributed by atoms with Crippen molar-refractivity contribution in [1.82, 2.24) is 9.80 Å². The maximum Gasteiger partial charge on any atom is 0.318 e. The average Bonchev–Trinajstić information content (AvgIpc) is 2.63. The van der Waals surface area contributed by atoms with E-state index in [9.17, 15) is 13.2 Å². The van der Waals surface area contributed by atoms with E-state index in [1.165, 1.54) is 24.8 Å². The van der Waals surface area contributed by atoms with E-state index >= 15 is 0 Å². The Morgan fingerprint density at radius 1 is 1.07 bits per heavy atom. The third kappa shape index (κ3) is 5.53. The van der Waals surface area contributed by atoms with Crippen LogP contribution in [0.4, 0.5) is 0 Å². The second kappa shape index (κ2) is 8.71. The maximum absolute atomic E-state index is 11.9. The van der Waals surface area contributed by atoms with Gasteiger partial charge in [0.2, 0.25) is 0 Å². The molecule has 1 aromatic carbocycles. The van der Waals surface area contributed by atoms with Crippen LogP contribution in [0.5, 0.6) is 0 Å². The van der Waals surface area contributed by atoms with Gasteiger partial charge >= 0.3 is 5.97 Å². The Balaban J connectivity index is 1.66. The Labute approximate surface area is 162 Å². The average molecular weight is 395 g/mol. The number of sulfone groups is 1. The first-order chi connectivity index (χ1) is 12.9. The van der Waals surface area contributed by atoms with Crippen LogP contribution in [0, 0.1) is 0 Å². The second-order valence-electron chi connectivity index (χ2n) is 7.95. The molecule has 1 saturated carbocycles. The van der Waals surface area contributed by atoms with Crippen LogP contribution in [-0.2, 0) is 21.2 Å². The molecule has 0 aromatic heterocycles. The molecule has 2 fully saturated rings. The first-order valence-electron chi connectivity index (χ1n) is 9.82. The molecule has 3 rings (SSSR count). The molecule has 0 bridgehead atoms. The quantitative estimate of drug-likeness (QED) is 0.762. The summed E-state index contributed by atoms with van der Waals surface area (Å²) in [4.78, 5) is 15.6. The van der Waals surface area contributed by atoms with E-state index in [4.69, 9.17) is 5.11 Å². The Hall–Kier alpha value is -1.44. The van der Waals surface area contributed by atoms with Crippen LogP contribution in [0.25, 0.3) is 0 Å². The van der Waals surface area contributed by atoms with Gasteiger partial charge in [-0.15, -0.1) is 0 Å². The number of hydrogen-bond donors (Lipinski definition) is 1. The molecular weight excluding hydrogens is 364 g/mol. The summed E-state index contributed by atoms with van der Waals surface area (Å²) < 4.78 is 23.9. The third-order valence-corrected chi connectivity index (χ3v) is 7.43. The lowest BCUT2D eigenvalue weighted by atomic mass is 9.78. The van der Waals surface area contributed by atoms with Crippen molar-refractivity contribution in [2.24, 2.45) is 0 Å². The minimum absolute atomic E-state index is 0.0753. The number of carbonyl (C=O) groups is 1. The van der Waals surface area contributed by atoms with Gasteiger partial charge in [-0.2, -0.15) is 0 Å². The van der Waals surface area contributed by atoms with Crippen molar-refractivity contribution < 1.29 is 18.3 Å². The van der Waals surface area contributed by atoms with Gasteiger partial charge in [-0.25, -0.2) is 8.42 Å². The highest BCUT2D eigenvalue weighted by Gasteiger charge is 2.42. The van der Waals surface area contributed by atoms with Gasteiger partial charge in [-0.1, -0.05) is 49.6 Å². The molecule has 1 heterocycles. The highest BCUT2D eigenvalue weighted by atomic mass is 32.2. The highest BCUT2D eigenvalue weighted by molar-refractivity contribution is 7.92. The van der Waals surface area contributed by atoms with Crippen LogP contribution < -0.4 is 0 Å². The monoisotopic (exact) mass is 394 g/mol. The molecule has 1 spiro atoms. The zero-order chi connectivity index (χ0) is 19.3. The molecule has 150 valence electrons. The van der Waals surface area contributed by atoms with E-state index in [0.717, 1.165) is 39.0 Å². The van der Waals surface area contributed by atoms with Crippen LogP contribution >= 0.6 is 0 Å². The lowest BCUT2D eigenvalue weighted by molar-refractivity contribution is -0.134. The van der Waals surface area contributed by atoms with Gasteiger partial charge in [-0.3, -0.25) is 14.6 Å². The summed E-state index contributed by atoms with van der Waals surface area (Å²) in [6.45, 7) is 4.00. The van der Waals surface area contributed by atoms with Crippen molar-refractivity contribution in [2.45, 2.75) is 44.2 Å². The molecule has 0 atom stereocenters. The second-order valence-corrected chi connectivity index (χ2v) is 10.1. The Morgan fingerprint density at radius 3 is 2.44 bits per heavy atom. The van der Waals surface area contributed by atoms with Crippen molar-refractivity contribution in [3.8, 4) is 0 Å². The van der Waals surface area contributed by atoms with Crippen LogP contribution in [0.2, 0.25) is 0 Å². The summed E-state index contributed by atoms with van der Waals surface area (Å²) in [7, 11) is -3.54. The Kier molecular flexibility index (Phi) is 6.55. The number of piperazine rings is 1. The van der Waals surface area contributed by atoms with Gasteiger partial charge in [-0.05, 0) is 18.4 Å². The van der Waals surface area contributed by atoms with Crippen molar-refractivity contribution in [1.29, 1.82) is 0 Å². The largest absolute Gasteiger partial charge is 0.480 e. The van der Waals surface area contributed by atoms with E-state index < -0.39 is 21.6 Å². The number of carboxylic acids is 1. The van der Waals surface area contributed by atoms with Gasteiger partial charge < -0.3 is 5.11 Å². The van der Waals surface area contributed by atoms with E-state index in [1.807, 2.05) is 6.07 Å². The molecule has 1 aliphatic heterocycles. The predicted molar refractivity (Wildman–Crippen MR) is 105 cm³/mol.